The van der Waals surface area contributed by atoms with Gasteiger partial charge in [0.15, 0.2) is 0 Å². The number of hydrogen-bond donors (Lipinski definition) is 0. The van der Waals surface area contributed by atoms with Crippen molar-refractivity contribution in [2.45, 2.75) is 6.92 Å². The van der Waals surface area contributed by atoms with Crippen molar-refractivity contribution in [2.24, 2.45) is 0 Å². The van der Waals surface area contributed by atoms with Crippen LogP contribution >= 0.6 is 0 Å². The molecule has 0 bridgehead atoms. The predicted octanol–water partition coefficient (Wildman–Crippen LogP) is 6.64. The molecule has 0 amide bonds. The van der Waals surface area contributed by atoms with Crippen molar-refractivity contribution in [3.8, 4) is 0 Å². The summed E-state index contributed by atoms with van der Waals surface area (Å²) >= 11 is 0. The van der Waals surface area contributed by atoms with E-state index in [9.17, 15) is 0 Å². The molecule has 6 aromatic rings. The van der Waals surface area contributed by atoms with Crippen LogP contribution in [0.15, 0.2) is 66.7 Å². The Morgan fingerprint density at radius 3 is 1.83 bits per heavy atom. The molecular weight excluding hydrogens is 276 g/mol. The van der Waals surface area contributed by atoms with Crippen molar-refractivity contribution >= 4 is 53.9 Å². The standard InChI is InChI=1S/C23H14/c1-13-12-16-9-8-14-4-2-6-18-19-7-3-5-15-10-11-17(13)23(21(15)19)22(16)20(14)18/h2-12H,1H3. The highest BCUT2D eigenvalue weighted by molar-refractivity contribution is 6.39. The number of rotatable bonds is 0. The van der Waals surface area contributed by atoms with Gasteiger partial charge in [-0.3, -0.25) is 0 Å². The van der Waals surface area contributed by atoms with Gasteiger partial charge < -0.3 is 0 Å². The van der Waals surface area contributed by atoms with Crippen LogP contribution in [0, 0.1) is 6.92 Å². The molecule has 23 heavy (non-hydrogen) atoms. The fourth-order valence-electron chi connectivity index (χ4n) is 4.51. The van der Waals surface area contributed by atoms with Crippen molar-refractivity contribution in [3.63, 3.8) is 0 Å². The van der Waals surface area contributed by atoms with Gasteiger partial charge in [-0.25, -0.2) is 0 Å². The molecule has 0 radical (unpaired) electrons. The highest BCUT2D eigenvalue weighted by Crippen LogP contribution is 2.45. The minimum absolute atomic E-state index is 1.34. The monoisotopic (exact) mass is 290 g/mol. The first kappa shape index (κ1) is 11.7. The molecule has 0 aliphatic rings. The zero-order valence-electron chi connectivity index (χ0n) is 12.9. The molecule has 0 heterocycles. The summed E-state index contributed by atoms with van der Waals surface area (Å²) in [6, 6.07) is 24.8. The van der Waals surface area contributed by atoms with Gasteiger partial charge in [-0.15, -0.1) is 0 Å². The van der Waals surface area contributed by atoms with E-state index in [1.54, 1.807) is 0 Å². The highest BCUT2D eigenvalue weighted by atomic mass is 14.2. The van der Waals surface area contributed by atoms with E-state index < -0.39 is 0 Å². The molecule has 0 N–H and O–H groups in total. The third-order valence-electron chi connectivity index (χ3n) is 5.46. The fourth-order valence-corrected chi connectivity index (χ4v) is 4.51. The van der Waals surface area contributed by atoms with E-state index in [1.165, 1.54) is 59.4 Å². The van der Waals surface area contributed by atoms with Crippen LogP contribution in [0.4, 0.5) is 0 Å². The summed E-state index contributed by atoms with van der Waals surface area (Å²) in [7, 11) is 0. The van der Waals surface area contributed by atoms with Gasteiger partial charge in [-0.2, -0.15) is 0 Å². The molecule has 0 atom stereocenters. The number of aryl methyl sites for hydroxylation is 1. The molecule has 0 fully saturated rings. The van der Waals surface area contributed by atoms with Crippen molar-refractivity contribution < 1.29 is 0 Å². The first-order valence-corrected chi connectivity index (χ1v) is 8.14. The van der Waals surface area contributed by atoms with Crippen molar-refractivity contribution in [1.29, 1.82) is 0 Å². The number of hydrogen-bond acceptors (Lipinski definition) is 0. The van der Waals surface area contributed by atoms with E-state index >= 15 is 0 Å². The van der Waals surface area contributed by atoms with E-state index in [0.717, 1.165) is 0 Å². The number of fused-ring (bicyclic) bond motifs is 1. The van der Waals surface area contributed by atoms with Crippen LogP contribution in [0.1, 0.15) is 5.56 Å². The maximum absolute atomic E-state index is 2.34. The molecule has 0 unspecified atom stereocenters. The summed E-state index contributed by atoms with van der Waals surface area (Å²) in [4.78, 5) is 0. The second-order valence-electron chi connectivity index (χ2n) is 6.65. The summed E-state index contributed by atoms with van der Waals surface area (Å²) in [5.41, 5.74) is 1.36. The van der Waals surface area contributed by atoms with E-state index in [0.29, 0.717) is 0 Å². The molecule has 0 saturated heterocycles. The first-order chi connectivity index (χ1) is 11.3. The van der Waals surface area contributed by atoms with Gasteiger partial charge in [-0.1, -0.05) is 66.7 Å². The molecule has 0 aliphatic heterocycles. The maximum atomic E-state index is 2.34. The summed E-state index contributed by atoms with van der Waals surface area (Å²) in [6.45, 7) is 2.23. The zero-order valence-corrected chi connectivity index (χ0v) is 12.9. The molecule has 0 aliphatic carbocycles. The van der Waals surface area contributed by atoms with E-state index in [2.05, 4.69) is 73.7 Å². The molecule has 6 rings (SSSR count). The lowest BCUT2D eigenvalue weighted by Gasteiger charge is -2.18. The zero-order chi connectivity index (χ0) is 15.1. The Labute approximate surface area is 133 Å². The molecule has 0 aromatic heterocycles. The molecule has 0 spiro atoms. The van der Waals surface area contributed by atoms with Crippen molar-refractivity contribution in [1.82, 2.24) is 0 Å². The molecule has 6 aromatic carbocycles. The van der Waals surface area contributed by atoms with Gasteiger partial charge in [0.25, 0.3) is 0 Å². The van der Waals surface area contributed by atoms with Crippen LogP contribution in [0.5, 0.6) is 0 Å². The predicted molar refractivity (Wildman–Crippen MR) is 101 cm³/mol. The fraction of sp³-hybridized carbons (Fsp3) is 0.0435. The Bertz CT molecular complexity index is 1350. The summed E-state index contributed by atoms with van der Waals surface area (Å²) in [5, 5.41) is 13.9. The third kappa shape index (κ3) is 1.25. The van der Waals surface area contributed by atoms with Gasteiger partial charge in [0.1, 0.15) is 0 Å². The Balaban J connectivity index is 2.20. The first-order valence-electron chi connectivity index (χ1n) is 8.14. The SMILES string of the molecule is Cc1cc2ccc3cccc4c5cccc6ccc1c(c65)c2c34. The Morgan fingerprint density at radius 1 is 0.478 bits per heavy atom. The highest BCUT2D eigenvalue weighted by Gasteiger charge is 2.17. The van der Waals surface area contributed by atoms with Gasteiger partial charge >= 0.3 is 0 Å². The summed E-state index contributed by atoms with van der Waals surface area (Å²) in [5.74, 6) is 0. The van der Waals surface area contributed by atoms with Gasteiger partial charge in [0, 0.05) is 0 Å². The largest absolute Gasteiger partial charge is 0.0610 e. The Morgan fingerprint density at radius 2 is 1.09 bits per heavy atom. The van der Waals surface area contributed by atoms with Crippen LogP contribution in [0.25, 0.3) is 53.9 Å². The average molecular weight is 290 g/mol. The van der Waals surface area contributed by atoms with Crippen LogP contribution in [-0.4, -0.2) is 0 Å². The van der Waals surface area contributed by atoms with E-state index in [1.807, 2.05) is 0 Å². The second kappa shape index (κ2) is 3.72. The van der Waals surface area contributed by atoms with Crippen LogP contribution in [0.3, 0.4) is 0 Å². The normalized spacial score (nSPS) is 12.6. The lowest BCUT2D eigenvalue weighted by atomic mass is 9.84. The van der Waals surface area contributed by atoms with Crippen molar-refractivity contribution in [3.05, 3.63) is 72.3 Å². The lowest BCUT2D eigenvalue weighted by molar-refractivity contribution is 1.57. The minimum atomic E-state index is 1.34. The number of benzene rings is 6. The molecule has 106 valence electrons. The van der Waals surface area contributed by atoms with E-state index in [-0.39, 0.29) is 0 Å². The second-order valence-corrected chi connectivity index (χ2v) is 6.65. The minimum Gasteiger partial charge on any atom is -0.0610 e. The van der Waals surface area contributed by atoms with Crippen molar-refractivity contribution in [2.75, 3.05) is 0 Å². The summed E-state index contributed by atoms with van der Waals surface area (Å²) in [6.07, 6.45) is 0. The third-order valence-corrected chi connectivity index (χ3v) is 5.46. The average Bonchev–Trinajstić information content (AvgIpc) is 2.60. The van der Waals surface area contributed by atoms with Gasteiger partial charge in [-0.05, 0) is 66.3 Å². The Hall–Kier alpha value is -2.86. The maximum Gasteiger partial charge on any atom is -0.00114 e. The smallest absolute Gasteiger partial charge is 0.00114 e. The quantitative estimate of drug-likeness (QED) is 0.217. The topological polar surface area (TPSA) is 0 Å². The van der Waals surface area contributed by atoms with Gasteiger partial charge in [0.05, 0.1) is 0 Å². The van der Waals surface area contributed by atoms with Crippen LogP contribution < -0.4 is 0 Å². The summed E-state index contributed by atoms with van der Waals surface area (Å²) < 4.78 is 0. The molecular formula is C23H14. The van der Waals surface area contributed by atoms with Gasteiger partial charge in [0.2, 0.25) is 0 Å². The molecule has 0 saturated carbocycles. The molecule has 0 heteroatoms. The Kier molecular flexibility index (Phi) is 1.89. The van der Waals surface area contributed by atoms with E-state index in [4.69, 9.17) is 0 Å². The van der Waals surface area contributed by atoms with Crippen LogP contribution in [-0.2, 0) is 0 Å². The lowest BCUT2D eigenvalue weighted by Crippen LogP contribution is -1.91. The van der Waals surface area contributed by atoms with Crippen LogP contribution in [0.2, 0.25) is 0 Å². The molecule has 0 nitrogen and oxygen atoms in total.